The Labute approximate surface area is 208 Å². The zero-order valence-electron chi connectivity index (χ0n) is 21.0. The fraction of sp³-hybridized carbons (Fsp3) is 0.615. The third kappa shape index (κ3) is 4.86. The topological polar surface area (TPSA) is 56.6 Å². The normalized spacial score (nSPS) is 24.1. The largest absolute Gasteiger partial charge is 0.356 e. The molecule has 5 rings (SSSR count). The van der Waals surface area contributed by atoms with Crippen molar-refractivity contribution in [3.8, 4) is 0 Å². The van der Waals surface area contributed by atoms with Crippen LogP contribution in [0.2, 0.25) is 0 Å². The molecule has 0 aromatic carbocycles. The molecule has 0 bridgehead atoms. The van der Waals surface area contributed by atoms with Gasteiger partial charge in [-0.15, -0.1) is 0 Å². The maximum Gasteiger partial charge on any atom is 0.268 e. The molecule has 3 saturated heterocycles. The molecule has 184 valence electrons. The van der Waals surface area contributed by atoms with Crippen molar-refractivity contribution in [2.45, 2.75) is 38.1 Å². The minimum Gasteiger partial charge on any atom is -0.356 e. The van der Waals surface area contributed by atoms with Crippen LogP contribution in [0.5, 0.6) is 0 Å². The van der Waals surface area contributed by atoms with E-state index in [1.807, 2.05) is 23.9 Å². The first-order chi connectivity index (χ1) is 16.4. The second-order valence-corrected chi connectivity index (χ2v) is 11.7. The predicted molar refractivity (Wildman–Crippen MR) is 138 cm³/mol. The van der Waals surface area contributed by atoms with Crippen LogP contribution in [0.1, 0.15) is 41.5 Å². The molecule has 2 unspecified atom stereocenters. The fourth-order valence-corrected chi connectivity index (χ4v) is 6.82. The van der Waals surface area contributed by atoms with Gasteiger partial charge in [-0.1, -0.05) is 13.0 Å². The van der Waals surface area contributed by atoms with Crippen LogP contribution in [-0.2, 0) is 13.6 Å². The van der Waals surface area contributed by atoms with E-state index in [2.05, 4.69) is 52.4 Å². The highest BCUT2D eigenvalue weighted by Gasteiger charge is 2.39. The maximum atomic E-state index is 13.2. The van der Waals surface area contributed by atoms with E-state index in [0.717, 1.165) is 66.7 Å². The average molecular weight is 483 g/mol. The van der Waals surface area contributed by atoms with E-state index < -0.39 is 0 Å². The van der Waals surface area contributed by atoms with Gasteiger partial charge >= 0.3 is 0 Å². The standard InChI is InChI=1S/C26H38N6OS/c1-18-7-10-32(11-8-18)34-24-12-23(30(4)19(24)2)26(33)28-13-20-6-5-9-27-25(20)31-16-21-14-29(3)15-22(21)17-31/h5-6,9,12,18,21-22H,7-8,10-11,13-17H2,1-4H3,(H,28,33). The Kier molecular flexibility index (Phi) is 6.91. The van der Waals surface area contributed by atoms with Gasteiger partial charge in [0.05, 0.1) is 0 Å². The molecule has 2 aromatic heterocycles. The summed E-state index contributed by atoms with van der Waals surface area (Å²) in [6.07, 6.45) is 4.36. The Hall–Kier alpha value is -2.03. The zero-order chi connectivity index (χ0) is 23.8. The van der Waals surface area contributed by atoms with E-state index in [4.69, 9.17) is 4.98 Å². The van der Waals surface area contributed by atoms with Gasteiger partial charge in [-0.25, -0.2) is 9.29 Å². The minimum absolute atomic E-state index is 0.0283. The number of rotatable bonds is 6. The Morgan fingerprint density at radius 2 is 1.85 bits per heavy atom. The van der Waals surface area contributed by atoms with Gasteiger partial charge in [0.25, 0.3) is 5.91 Å². The molecular formula is C26H38N6OS. The number of piperidine rings is 1. The summed E-state index contributed by atoms with van der Waals surface area (Å²) >= 11 is 1.80. The number of hydrogen-bond acceptors (Lipinski definition) is 6. The molecule has 3 aliphatic rings. The van der Waals surface area contributed by atoms with Gasteiger partial charge in [0.2, 0.25) is 0 Å². The van der Waals surface area contributed by atoms with Crippen LogP contribution >= 0.6 is 11.9 Å². The molecule has 0 radical (unpaired) electrons. The summed E-state index contributed by atoms with van der Waals surface area (Å²) in [5.41, 5.74) is 2.95. The monoisotopic (exact) mass is 482 g/mol. The van der Waals surface area contributed by atoms with Crippen molar-refractivity contribution in [2.75, 3.05) is 51.2 Å². The smallest absolute Gasteiger partial charge is 0.268 e. The highest BCUT2D eigenvalue weighted by Crippen LogP contribution is 2.34. The predicted octanol–water partition coefficient (Wildman–Crippen LogP) is 3.40. The number of fused-ring (bicyclic) bond motifs is 1. The summed E-state index contributed by atoms with van der Waals surface area (Å²) in [6, 6.07) is 6.12. The maximum absolute atomic E-state index is 13.2. The molecule has 2 aromatic rings. The van der Waals surface area contributed by atoms with Gasteiger partial charge in [-0.05, 0) is 68.6 Å². The van der Waals surface area contributed by atoms with Crippen molar-refractivity contribution in [3.05, 3.63) is 41.3 Å². The molecule has 1 amide bonds. The quantitative estimate of drug-likeness (QED) is 0.637. The van der Waals surface area contributed by atoms with Crippen LogP contribution in [0, 0.1) is 24.7 Å². The molecule has 3 aliphatic heterocycles. The minimum atomic E-state index is -0.0283. The van der Waals surface area contributed by atoms with Crippen molar-refractivity contribution >= 4 is 23.7 Å². The Morgan fingerprint density at radius 1 is 1.15 bits per heavy atom. The lowest BCUT2D eigenvalue weighted by Crippen LogP contribution is -2.30. The van der Waals surface area contributed by atoms with Gasteiger partial charge < -0.3 is 19.7 Å². The molecule has 7 nitrogen and oxygen atoms in total. The summed E-state index contributed by atoms with van der Waals surface area (Å²) < 4.78 is 4.46. The lowest BCUT2D eigenvalue weighted by Gasteiger charge is -2.28. The summed E-state index contributed by atoms with van der Waals surface area (Å²) in [5, 5.41) is 3.17. The number of hydrogen-bond donors (Lipinski definition) is 1. The summed E-state index contributed by atoms with van der Waals surface area (Å²) in [4.78, 5) is 23.9. The molecule has 1 N–H and O–H groups in total. The first-order valence-corrected chi connectivity index (χ1v) is 13.4. The third-order valence-corrected chi connectivity index (χ3v) is 9.20. The van der Waals surface area contributed by atoms with Gasteiger partial charge in [0, 0.05) is 75.2 Å². The van der Waals surface area contributed by atoms with Crippen molar-refractivity contribution in [3.63, 3.8) is 0 Å². The van der Waals surface area contributed by atoms with Gasteiger partial charge in [0.1, 0.15) is 11.5 Å². The van der Waals surface area contributed by atoms with Crippen molar-refractivity contribution < 1.29 is 4.79 Å². The Balaban J connectivity index is 1.23. The summed E-state index contributed by atoms with van der Waals surface area (Å²) in [7, 11) is 4.20. The number of aromatic nitrogens is 2. The highest BCUT2D eigenvalue weighted by molar-refractivity contribution is 7.97. The summed E-state index contributed by atoms with van der Waals surface area (Å²) in [6.45, 7) is 11.6. The molecule has 5 heterocycles. The number of nitrogens with one attached hydrogen (secondary N) is 1. The van der Waals surface area contributed by atoms with Crippen molar-refractivity contribution in [2.24, 2.45) is 24.8 Å². The average Bonchev–Trinajstić information content (AvgIpc) is 3.46. The lowest BCUT2D eigenvalue weighted by molar-refractivity contribution is 0.0942. The Bertz CT molecular complexity index is 1020. The van der Waals surface area contributed by atoms with Crippen molar-refractivity contribution in [1.82, 2.24) is 24.1 Å². The number of pyridine rings is 1. The van der Waals surface area contributed by atoms with Crippen LogP contribution in [0.15, 0.2) is 29.3 Å². The van der Waals surface area contributed by atoms with Crippen LogP contribution in [-0.4, -0.2) is 71.0 Å². The SMILES string of the molecule is Cc1c(SN2CCC(C)CC2)cc(C(=O)NCc2cccnc2N2CC3CN(C)CC3C2)n1C. The molecule has 0 spiro atoms. The fourth-order valence-electron chi connectivity index (χ4n) is 5.72. The van der Waals surface area contributed by atoms with Crippen molar-refractivity contribution in [1.29, 1.82) is 0 Å². The molecule has 8 heteroatoms. The highest BCUT2D eigenvalue weighted by atomic mass is 32.2. The van der Waals surface area contributed by atoms with E-state index >= 15 is 0 Å². The molecule has 0 aliphatic carbocycles. The molecule has 2 atom stereocenters. The number of amides is 1. The van der Waals surface area contributed by atoms with Gasteiger partial charge in [0.15, 0.2) is 0 Å². The van der Waals surface area contributed by atoms with Crippen LogP contribution < -0.4 is 10.2 Å². The first kappa shape index (κ1) is 23.7. The second kappa shape index (κ2) is 9.91. The van der Waals surface area contributed by atoms with E-state index in [1.165, 1.54) is 30.8 Å². The van der Waals surface area contributed by atoms with Crippen LogP contribution in [0.25, 0.3) is 0 Å². The van der Waals surface area contributed by atoms with Gasteiger partial charge in [-0.2, -0.15) is 0 Å². The van der Waals surface area contributed by atoms with E-state index in [0.29, 0.717) is 6.54 Å². The number of anilines is 1. The van der Waals surface area contributed by atoms with E-state index in [-0.39, 0.29) is 5.91 Å². The lowest BCUT2D eigenvalue weighted by atomic mass is 10.0. The van der Waals surface area contributed by atoms with Gasteiger partial charge in [-0.3, -0.25) is 4.79 Å². The number of nitrogens with zero attached hydrogens (tertiary/aromatic N) is 5. The zero-order valence-corrected chi connectivity index (χ0v) is 21.8. The number of carbonyl (C=O) groups is 1. The molecule has 0 saturated carbocycles. The Morgan fingerprint density at radius 3 is 2.56 bits per heavy atom. The number of carbonyl (C=O) groups excluding carboxylic acids is 1. The summed E-state index contributed by atoms with van der Waals surface area (Å²) in [5.74, 6) is 3.26. The number of likely N-dealkylation sites (tertiary alicyclic amines) is 1. The second-order valence-electron chi connectivity index (χ2n) is 10.6. The molecule has 34 heavy (non-hydrogen) atoms. The molecule has 3 fully saturated rings. The third-order valence-electron chi connectivity index (χ3n) is 7.97. The van der Waals surface area contributed by atoms with E-state index in [1.54, 1.807) is 11.9 Å². The van der Waals surface area contributed by atoms with Crippen LogP contribution in [0.3, 0.4) is 0 Å². The first-order valence-electron chi connectivity index (χ1n) is 12.6. The molecular weight excluding hydrogens is 444 g/mol. The van der Waals surface area contributed by atoms with Crippen LogP contribution in [0.4, 0.5) is 5.82 Å². The van der Waals surface area contributed by atoms with E-state index in [9.17, 15) is 4.79 Å².